The van der Waals surface area contributed by atoms with Gasteiger partial charge in [-0.25, -0.2) is 0 Å². The molecule has 3 aromatic carbocycles. The van der Waals surface area contributed by atoms with Crippen molar-refractivity contribution < 1.29 is 14.5 Å². The van der Waals surface area contributed by atoms with Gasteiger partial charge in [-0.1, -0.05) is 42.5 Å². The molecule has 0 unspecified atom stereocenters. The molecule has 8 nitrogen and oxygen atoms in total. The minimum atomic E-state index is -0.604. The number of nitrogens with zero attached hydrogens (tertiary/aromatic N) is 4. The van der Waals surface area contributed by atoms with Crippen molar-refractivity contribution in [2.75, 3.05) is 28.8 Å². The number of nitro groups is 1. The molecule has 0 aliphatic carbocycles. The van der Waals surface area contributed by atoms with Crippen molar-refractivity contribution in [3.05, 3.63) is 100 Å². The van der Waals surface area contributed by atoms with E-state index >= 15 is 0 Å². The number of carbonyl (C=O) groups excluding carboxylic acids is 2. The third kappa shape index (κ3) is 4.16. The second-order valence-electron chi connectivity index (χ2n) is 7.69. The van der Waals surface area contributed by atoms with Crippen molar-refractivity contribution >= 4 is 58.0 Å². The van der Waals surface area contributed by atoms with Crippen LogP contribution in [0.1, 0.15) is 5.56 Å². The Bertz CT molecular complexity index is 1260. The molecule has 3 aromatic rings. The number of carbonyl (C=O) groups is 2. The first kappa shape index (κ1) is 22.8. The Hall–Kier alpha value is -4.37. The van der Waals surface area contributed by atoms with Crippen LogP contribution in [0.25, 0.3) is 6.08 Å². The topological polar surface area (TPSA) is 87.0 Å². The van der Waals surface area contributed by atoms with Gasteiger partial charge in [-0.3, -0.25) is 29.5 Å². The molecule has 0 N–H and O–H groups in total. The van der Waals surface area contributed by atoms with E-state index in [9.17, 15) is 19.7 Å². The Morgan fingerprint density at radius 3 is 1.79 bits per heavy atom. The van der Waals surface area contributed by atoms with Gasteiger partial charge >= 0.3 is 0 Å². The second kappa shape index (κ2) is 9.24. The predicted molar refractivity (Wildman–Crippen MR) is 136 cm³/mol. The van der Waals surface area contributed by atoms with Gasteiger partial charge in [-0.15, -0.1) is 0 Å². The van der Waals surface area contributed by atoms with Gasteiger partial charge in [0.05, 0.1) is 16.3 Å². The maximum atomic E-state index is 13.5. The van der Waals surface area contributed by atoms with Crippen molar-refractivity contribution in [3.8, 4) is 0 Å². The fourth-order valence-corrected chi connectivity index (χ4v) is 4.04. The molecule has 0 radical (unpaired) electrons. The minimum Gasteiger partial charge on any atom is -0.372 e. The first-order valence-electron chi connectivity index (χ1n) is 10.3. The number of nitro benzene ring substituents is 1. The summed E-state index contributed by atoms with van der Waals surface area (Å²) in [5.41, 5.74) is 1.48. The number of benzene rings is 3. The molecule has 0 aromatic heterocycles. The molecule has 9 heteroatoms. The van der Waals surface area contributed by atoms with Gasteiger partial charge in [-0.2, -0.15) is 0 Å². The van der Waals surface area contributed by atoms with Crippen molar-refractivity contribution in [1.29, 1.82) is 0 Å². The van der Waals surface area contributed by atoms with Crippen molar-refractivity contribution in [2.45, 2.75) is 0 Å². The third-order valence-corrected chi connectivity index (χ3v) is 5.63. The highest BCUT2D eigenvalue weighted by molar-refractivity contribution is 7.81. The maximum Gasteiger partial charge on any atom is 0.293 e. The quantitative estimate of drug-likeness (QED) is 0.180. The van der Waals surface area contributed by atoms with E-state index in [0.717, 1.165) is 0 Å². The molecule has 0 bridgehead atoms. The molecule has 1 aliphatic heterocycles. The molecule has 1 fully saturated rings. The normalized spacial score (nSPS) is 13.8. The summed E-state index contributed by atoms with van der Waals surface area (Å²) in [6.45, 7) is 0. The maximum absolute atomic E-state index is 13.5. The monoisotopic (exact) mass is 472 g/mol. The lowest BCUT2D eigenvalue weighted by Gasteiger charge is -2.36. The highest BCUT2D eigenvalue weighted by Gasteiger charge is 2.41. The van der Waals surface area contributed by atoms with Crippen LogP contribution in [-0.4, -0.2) is 35.9 Å². The molecule has 1 saturated heterocycles. The summed E-state index contributed by atoms with van der Waals surface area (Å²) in [5.74, 6) is -1.21. The van der Waals surface area contributed by atoms with Crippen LogP contribution in [0.4, 0.5) is 22.7 Å². The molecular formula is C25H20N4O4S. The average molecular weight is 473 g/mol. The van der Waals surface area contributed by atoms with Gasteiger partial charge in [0.2, 0.25) is 0 Å². The molecule has 2 amide bonds. The van der Waals surface area contributed by atoms with E-state index < -0.39 is 16.7 Å². The number of anilines is 3. The van der Waals surface area contributed by atoms with Crippen LogP contribution in [0.5, 0.6) is 0 Å². The highest BCUT2D eigenvalue weighted by Crippen LogP contribution is 2.32. The smallest absolute Gasteiger partial charge is 0.293 e. The van der Waals surface area contributed by atoms with E-state index in [1.54, 1.807) is 79.7 Å². The van der Waals surface area contributed by atoms with Crippen LogP contribution in [0.3, 0.4) is 0 Å². The lowest BCUT2D eigenvalue weighted by atomic mass is 10.0. The standard InChI is InChI=1S/C25H20N4O4S/c1-26(2)21-14-13-17(16-22(21)29(32)33)15-20-23(30)27(18-9-5-3-6-10-18)25(34)28(24(20)31)19-11-7-4-8-12-19/h3-16H,1-2H3. The van der Waals surface area contributed by atoms with E-state index in [1.165, 1.54) is 21.9 Å². The number of hydrogen-bond donors (Lipinski definition) is 0. The molecule has 1 aliphatic rings. The van der Waals surface area contributed by atoms with Crippen LogP contribution in [0.2, 0.25) is 0 Å². The molecule has 0 atom stereocenters. The summed E-state index contributed by atoms with van der Waals surface area (Å²) in [7, 11) is 3.40. The summed E-state index contributed by atoms with van der Waals surface area (Å²) in [6.07, 6.45) is 1.37. The molecule has 34 heavy (non-hydrogen) atoms. The minimum absolute atomic E-state index is 0.0264. The van der Waals surface area contributed by atoms with Gasteiger partial charge in [0.1, 0.15) is 11.3 Å². The van der Waals surface area contributed by atoms with Crippen LogP contribution in [0.15, 0.2) is 84.4 Å². The molecule has 0 spiro atoms. The summed E-state index contributed by atoms with van der Waals surface area (Å²) in [4.78, 5) is 42.3. The van der Waals surface area contributed by atoms with E-state index in [2.05, 4.69) is 0 Å². The lowest BCUT2D eigenvalue weighted by molar-refractivity contribution is -0.384. The molecule has 4 rings (SSSR count). The average Bonchev–Trinajstić information content (AvgIpc) is 2.83. The van der Waals surface area contributed by atoms with E-state index in [1.807, 2.05) is 12.1 Å². The largest absolute Gasteiger partial charge is 0.372 e. The van der Waals surface area contributed by atoms with Gasteiger partial charge in [-0.05, 0) is 54.2 Å². The van der Waals surface area contributed by atoms with Crippen LogP contribution < -0.4 is 14.7 Å². The van der Waals surface area contributed by atoms with Crippen molar-refractivity contribution in [1.82, 2.24) is 0 Å². The number of amides is 2. The van der Waals surface area contributed by atoms with Crippen LogP contribution in [-0.2, 0) is 9.59 Å². The lowest BCUT2D eigenvalue weighted by Crippen LogP contribution is -2.56. The number of para-hydroxylation sites is 2. The summed E-state index contributed by atoms with van der Waals surface area (Å²) >= 11 is 5.57. The Kier molecular flexibility index (Phi) is 6.20. The first-order valence-corrected chi connectivity index (χ1v) is 10.7. The summed E-state index contributed by atoms with van der Waals surface area (Å²) in [5, 5.41) is 11.6. The predicted octanol–water partition coefficient (Wildman–Crippen LogP) is 4.41. The third-order valence-electron chi connectivity index (χ3n) is 5.27. The molecular weight excluding hydrogens is 452 g/mol. The molecule has 1 heterocycles. The molecule has 170 valence electrons. The SMILES string of the molecule is CN(C)c1ccc(C=C2C(=O)N(c3ccccc3)C(=S)N(c3ccccc3)C2=O)cc1[N+](=O)[O-]. The Labute approximate surface area is 201 Å². The Morgan fingerprint density at radius 1 is 0.853 bits per heavy atom. The summed E-state index contributed by atoms with van der Waals surface area (Å²) < 4.78 is 0. The Balaban J connectivity index is 1.87. The second-order valence-corrected chi connectivity index (χ2v) is 8.06. The van der Waals surface area contributed by atoms with Gasteiger partial charge in [0, 0.05) is 20.2 Å². The zero-order valence-corrected chi connectivity index (χ0v) is 19.2. The van der Waals surface area contributed by atoms with Gasteiger partial charge in [0.25, 0.3) is 17.5 Å². The number of rotatable bonds is 5. The van der Waals surface area contributed by atoms with E-state index in [0.29, 0.717) is 22.6 Å². The fraction of sp³-hybridized carbons (Fsp3) is 0.0800. The highest BCUT2D eigenvalue weighted by atomic mass is 32.1. The number of thiocarbonyl (C=S) groups is 1. The van der Waals surface area contributed by atoms with Gasteiger partial charge in [0.15, 0.2) is 5.11 Å². The zero-order chi connectivity index (χ0) is 24.4. The van der Waals surface area contributed by atoms with E-state index in [-0.39, 0.29) is 16.4 Å². The molecule has 0 saturated carbocycles. The van der Waals surface area contributed by atoms with Crippen molar-refractivity contribution in [3.63, 3.8) is 0 Å². The zero-order valence-electron chi connectivity index (χ0n) is 18.4. The van der Waals surface area contributed by atoms with Crippen LogP contribution >= 0.6 is 12.2 Å². The summed E-state index contributed by atoms with van der Waals surface area (Å²) in [6, 6.07) is 22.1. The van der Waals surface area contributed by atoms with Crippen molar-refractivity contribution in [2.24, 2.45) is 0 Å². The fourth-order valence-electron chi connectivity index (χ4n) is 3.66. The Morgan fingerprint density at radius 2 is 1.35 bits per heavy atom. The van der Waals surface area contributed by atoms with Crippen LogP contribution in [0, 0.1) is 10.1 Å². The van der Waals surface area contributed by atoms with Gasteiger partial charge < -0.3 is 4.90 Å². The number of hydrogen-bond acceptors (Lipinski definition) is 6. The van der Waals surface area contributed by atoms with E-state index in [4.69, 9.17) is 12.2 Å². The first-order chi connectivity index (χ1) is 16.3.